The first kappa shape index (κ1) is 33.1. The molecule has 0 saturated heterocycles. The number of guanidine groups is 2. The van der Waals surface area contributed by atoms with Gasteiger partial charge < -0.3 is 27.4 Å². The number of aliphatic imine (C=N–C) groups is 1. The monoisotopic (exact) mass is 517 g/mol. The molecule has 0 spiro atoms. The maximum atomic E-state index is 12.1. The van der Waals surface area contributed by atoms with Crippen LogP contribution in [0.2, 0.25) is 5.02 Å². The summed E-state index contributed by atoms with van der Waals surface area (Å²) in [6.45, 7) is 12.1. The Morgan fingerprint density at radius 1 is 1.06 bits per heavy atom. The van der Waals surface area contributed by atoms with Crippen molar-refractivity contribution in [3.63, 3.8) is 0 Å². The van der Waals surface area contributed by atoms with Gasteiger partial charge in [0.05, 0.1) is 6.04 Å². The summed E-state index contributed by atoms with van der Waals surface area (Å²) in [5, 5.41) is 10.9. The molecule has 9 heteroatoms. The first-order chi connectivity index (χ1) is 16.4. The van der Waals surface area contributed by atoms with E-state index in [9.17, 15) is 4.79 Å². The average molecular weight is 518 g/mol. The molecule has 0 aromatic heterocycles. The van der Waals surface area contributed by atoms with Gasteiger partial charge in [0, 0.05) is 35.8 Å². The van der Waals surface area contributed by atoms with Crippen LogP contribution in [0.3, 0.4) is 0 Å². The zero-order valence-corrected chi connectivity index (χ0v) is 23.6. The first-order valence-corrected chi connectivity index (χ1v) is 12.0. The summed E-state index contributed by atoms with van der Waals surface area (Å²) in [5.74, 6) is 0.0288. The Morgan fingerprint density at radius 3 is 2.00 bits per heavy atom. The molecular weight excluding hydrogens is 474 g/mol. The van der Waals surface area contributed by atoms with E-state index in [2.05, 4.69) is 22.4 Å². The van der Waals surface area contributed by atoms with Crippen molar-refractivity contribution in [1.29, 1.82) is 5.41 Å². The quantitative estimate of drug-likeness (QED) is 0.230. The lowest BCUT2D eigenvalue weighted by atomic mass is 9.96. The minimum atomic E-state index is -0.210. The lowest BCUT2D eigenvalue weighted by molar-refractivity contribution is 0.0935. The van der Waals surface area contributed by atoms with Crippen LogP contribution in [0.15, 0.2) is 59.6 Å². The van der Waals surface area contributed by atoms with Crippen LogP contribution in [0.25, 0.3) is 0 Å². The molecule has 0 heterocycles. The normalized spacial score (nSPS) is 11.6. The Balaban J connectivity index is 0.000000538. The van der Waals surface area contributed by atoms with Gasteiger partial charge in [0.2, 0.25) is 5.96 Å². The van der Waals surface area contributed by atoms with E-state index in [1.165, 1.54) is 10.5 Å². The standard InChI is InChI=1S/C13H18ClNO.C10H15N.C4H11N5/c1-9(15-13(2,3)4)12(16)10-6-5-7-11(14)8-10;1-10(2,11)8-9-6-4-3-5-7-9;1-9(2)4(7)8-3(5)6/h5-9,15H,1-4H3;3-7H,8,11H2,1-2H3;1-2H3,(H5,5,6,7,8). The van der Waals surface area contributed by atoms with Crippen molar-refractivity contribution in [2.24, 2.45) is 22.2 Å². The number of hydrogen-bond acceptors (Lipinski definition) is 4. The van der Waals surface area contributed by atoms with E-state index in [1.807, 2.05) is 59.7 Å². The molecule has 36 heavy (non-hydrogen) atoms. The molecule has 0 aliphatic rings. The number of carbonyl (C=O) groups is 1. The van der Waals surface area contributed by atoms with Crippen LogP contribution in [0, 0.1) is 5.41 Å². The van der Waals surface area contributed by atoms with Crippen LogP contribution in [-0.2, 0) is 6.42 Å². The van der Waals surface area contributed by atoms with Crippen LogP contribution in [0.1, 0.15) is 57.5 Å². The number of nitrogens with one attached hydrogen (secondary N) is 2. The molecule has 1 atom stereocenters. The summed E-state index contributed by atoms with van der Waals surface area (Å²) in [6, 6.07) is 17.1. The van der Waals surface area contributed by atoms with E-state index >= 15 is 0 Å². The fraction of sp³-hybridized carbons (Fsp3) is 0.444. The molecule has 2 aromatic carbocycles. The third kappa shape index (κ3) is 16.6. The van der Waals surface area contributed by atoms with E-state index in [0.717, 1.165) is 6.42 Å². The Hall–Kier alpha value is -2.94. The van der Waals surface area contributed by atoms with Crippen LogP contribution in [0.4, 0.5) is 0 Å². The molecule has 0 fully saturated rings. The van der Waals surface area contributed by atoms with Crippen molar-refractivity contribution in [1.82, 2.24) is 10.2 Å². The highest BCUT2D eigenvalue weighted by Crippen LogP contribution is 2.13. The van der Waals surface area contributed by atoms with Gasteiger partial charge in [-0.25, -0.2) is 0 Å². The highest BCUT2D eigenvalue weighted by Gasteiger charge is 2.20. The Morgan fingerprint density at radius 2 is 1.61 bits per heavy atom. The molecule has 1 unspecified atom stereocenters. The van der Waals surface area contributed by atoms with E-state index in [4.69, 9.17) is 34.2 Å². The number of carbonyl (C=O) groups excluding carboxylic acids is 1. The molecule has 8 nitrogen and oxygen atoms in total. The minimum Gasteiger partial charge on any atom is -0.370 e. The van der Waals surface area contributed by atoms with E-state index in [0.29, 0.717) is 10.6 Å². The molecule has 0 aliphatic heterocycles. The van der Waals surface area contributed by atoms with E-state index < -0.39 is 0 Å². The average Bonchev–Trinajstić information content (AvgIpc) is 2.72. The highest BCUT2D eigenvalue weighted by atomic mass is 35.5. The molecule has 0 saturated carbocycles. The maximum Gasteiger partial charge on any atom is 0.220 e. The number of Topliss-reactive ketones (excluding diaryl/α,β-unsaturated/α-hetero) is 1. The second-order valence-corrected chi connectivity index (χ2v) is 10.8. The van der Waals surface area contributed by atoms with Crippen molar-refractivity contribution >= 4 is 29.3 Å². The Kier molecular flexibility index (Phi) is 14.0. The molecule has 8 N–H and O–H groups in total. The van der Waals surface area contributed by atoms with E-state index in [1.54, 1.807) is 38.4 Å². The number of halogens is 1. The second kappa shape index (κ2) is 15.2. The molecule has 0 aliphatic carbocycles. The van der Waals surface area contributed by atoms with Gasteiger partial charge in [0.15, 0.2) is 11.7 Å². The smallest absolute Gasteiger partial charge is 0.220 e. The van der Waals surface area contributed by atoms with Crippen molar-refractivity contribution < 1.29 is 4.79 Å². The summed E-state index contributed by atoms with van der Waals surface area (Å²) in [6.07, 6.45) is 0.938. The van der Waals surface area contributed by atoms with Crippen LogP contribution >= 0.6 is 11.6 Å². The number of nitrogens with zero attached hydrogens (tertiary/aromatic N) is 2. The lowest BCUT2D eigenvalue weighted by Gasteiger charge is -2.25. The van der Waals surface area contributed by atoms with Gasteiger partial charge in [-0.05, 0) is 65.7 Å². The van der Waals surface area contributed by atoms with Gasteiger partial charge in [0.25, 0.3) is 0 Å². The predicted octanol–water partition coefficient (Wildman–Crippen LogP) is 4.02. The number of benzene rings is 2. The molecule has 0 radical (unpaired) electrons. The topological polar surface area (TPSA) is 147 Å². The van der Waals surface area contributed by atoms with Gasteiger partial charge >= 0.3 is 0 Å². The second-order valence-electron chi connectivity index (χ2n) is 10.4. The summed E-state index contributed by atoms with van der Waals surface area (Å²) in [5.41, 5.74) is 17.6. The zero-order chi connectivity index (χ0) is 28.1. The zero-order valence-electron chi connectivity index (χ0n) is 22.9. The fourth-order valence-electron chi connectivity index (χ4n) is 2.95. The van der Waals surface area contributed by atoms with Crippen LogP contribution < -0.4 is 22.5 Å². The van der Waals surface area contributed by atoms with Gasteiger partial charge in [-0.3, -0.25) is 10.2 Å². The minimum absolute atomic E-state index is 0.0509. The summed E-state index contributed by atoms with van der Waals surface area (Å²) < 4.78 is 0. The van der Waals surface area contributed by atoms with Gasteiger partial charge in [-0.2, -0.15) is 4.99 Å². The van der Waals surface area contributed by atoms with Gasteiger partial charge in [0.1, 0.15) is 0 Å². The van der Waals surface area contributed by atoms with Crippen LogP contribution in [0.5, 0.6) is 0 Å². The molecular formula is C27H44ClN7O. The van der Waals surface area contributed by atoms with Gasteiger partial charge in [-0.1, -0.05) is 54.1 Å². The molecule has 200 valence electrons. The molecule has 2 rings (SSSR count). The molecule has 2 aromatic rings. The largest absolute Gasteiger partial charge is 0.370 e. The highest BCUT2D eigenvalue weighted by molar-refractivity contribution is 6.31. The first-order valence-electron chi connectivity index (χ1n) is 11.7. The SMILES string of the molecule is CC(C)(N)Cc1ccccc1.CC(NC(C)(C)C)C(=O)c1cccc(Cl)c1.CN(C)C(=N)N=C(N)N. The Bertz CT molecular complexity index is 974. The van der Waals surface area contributed by atoms with E-state index in [-0.39, 0.29) is 34.8 Å². The van der Waals surface area contributed by atoms with Crippen molar-refractivity contribution in [2.75, 3.05) is 14.1 Å². The van der Waals surface area contributed by atoms with Crippen molar-refractivity contribution in [3.05, 3.63) is 70.7 Å². The lowest BCUT2D eigenvalue weighted by Crippen LogP contribution is -2.46. The maximum absolute atomic E-state index is 12.1. The summed E-state index contributed by atoms with van der Waals surface area (Å²) >= 11 is 5.85. The molecule has 0 amide bonds. The summed E-state index contributed by atoms with van der Waals surface area (Å²) in [7, 11) is 3.38. The van der Waals surface area contributed by atoms with Crippen molar-refractivity contribution in [2.45, 2.75) is 65.1 Å². The third-order valence-corrected chi connectivity index (χ3v) is 4.55. The van der Waals surface area contributed by atoms with Crippen molar-refractivity contribution in [3.8, 4) is 0 Å². The Labute approximate surface area is 221 Å². The molecule has 0 bridgehead atoms. The third-order valence-electron chi connectivity index (χ3n) is 4.31. The summed E-state index contributed by atoms with van der Waals surface area (Å²) in [4.78, 5) is 17.0. The van der Waals surface area contributed by atoms with Gasteiger partial charge in [-0.15, -0.1) is 0 Å². The number of rotatable bonds is 5. The predicted molar refractivity (Wildman–Crippen MR) is 154 cm³/mol. The number of ketones is 1. The number of hydrogen-bond donors (Lipinski definition) is 5. The van der Waals surface area contributed by atoms with Crippen LogP contribution in [-0.4, -0.2) is 53.8 Å². The number of nitrogens with two attached hydrogens (primary N) is 3. The fourth-order valence-corrected chi connectivity index (χ4v) is 3.14.